The average molecular weight is 345 g/mol. The summed E-state index contributed by atoms with van der Waals surface area (Å²) in [6.07, 6.45) is 4.87. The molecule has 4 rings (SSSR count). The van der Waals surface area contributed by atoms with Gasteiger partial charge in [-0.15, -0.1) is 0 Å². The summed E-state index contributed by atoms with van der Waals surface area (Å²) in [6.45, 7) is 3.77. The molecule has 2 aromatic rings. The summed E-state index contributed by atoms with van der Waals surface area (Å²) in [5, 5.41) is 14.6. The maximum absolute atomic E-state index is 12.6. The fourth-order valence-corrected chi connectivity index (χ4v) is 3.60. The van der Waals surface area contributed by atoms with Gasteiger partial charge in [-0.25, -0.2) is 0 Å². The summed E-state index contributed by atoms with van der Waals surface area (Å²) in [5.41, 5.74) is -0.0720. The van der Waals surface area contributed by atoms with Gasteiger partial charge in [0.05, 0.1) is 11.5 Å². The first-order valence-electron chi connectivity index (χ1n) is 8.39. The number of piperazine rings is 1. The van der Waals surface area contributed by atoms with Crippen molar-refractivity contribution in [1.29, 1.82) is 0 Å². The van der Waals surface area contributed by atoms with E-state index >= 15 is 0 Å². The van der Waals surface area contributed by atoms with Crippen molar-refractivity contribution in [2.45, 2.75) is 25.4 Å². The largest absolute Gasteiger partial charge is 0.454 e. The summed E-state index contributed by atoms with van der Waals surface area (Å²) in [7, 11) is 0. The van der Waals surface area contributed by atoms with Crippen LogP contribution >= 0.6 is 0 Å². The van der Waals surface area contributed by atoms with E-state index in [1.54, 1.807) is 12.1 Å². The lowest BCUT2D eigenvalue weighted by Crippen LogP contribution is -2.51. The zero-order valence-electron chi connectivity index (χ0n) is 13.7. The quantitative estimate of drug-likeness (QED) is 0.613. The highest BCUT2D eigenvalue weighted by Crippen LogP contribution is 2.23. The Kier molecular flexibility index (Phi) is 4.00. The Morgan fingerprint density at radius 3 is 3.04 bits per heavy atom. The third-order valence-corrected chi connectivity index (χ3v) is 4.90. The maximum Gasteiger partial charge on any atom is 0.307 e. The van der Waals surface area contributed by atoms with Crippen LogP contribution in [0.25, 0.3) is 0 Å². The standard InChI is InChI=1S/C16H19N5O4/c22-16(19-7-6-18-5-1-2-12(18)9-19)15-4-3-14(25-15)11-20-10-13(8-17-20)21(23)24/h3-4,8,10,12H,1-2,5-7,9,11H2/t12-/m0/s1. The zero-order chi connectivity index (χ0) is 17.4. The molecule has 0 saturated carbocycles. The number of carbonyl (C=O) groups excluding carboxylic acids is 1. The molecule has 0 bridgehead atoms. The van der Waals surface area contributed by atoms with Crippen molar-refractivity contribution in [2.24, 2.45) is 0 Å². The van der Waals surface area contributed by atoms with E-state index < -0.39 is 4.92 Å². The van der Waals surface area contributed by atoms with Crippen LogP contribution in [0, 0.1) is 10.1 Å². The maximum atomic E-state index is 12.6. The molecule has 2 fully saturated rings. The van der Waals surface area contributed by atoms with Gasteiger partial charge in [0.15, 0.2) is 5.76 Å². The van der Waals surface area contributed by atoms with Crippen molar-refractivity contribution in [1.82, 2.24) is 19.6 Å². The number of hydrogen-bond acceptors (Lipinski definition) is 6. The predicted octanol–water partition coefficient (Wildman–Crippen LogP) is 1.35. The molecule has 1 atom stereocenters. The molecule has 2 aromatic heterocycles. The van der Waals surface area contributed by atoms with Gasteiger partial charge in [0.1, 0.15) is 18.2 Å². The van der Waals surface area contributed by atoms with E-state index in [0.29, 0.717) is 17.6 Å². The van der Waals surface area contributed by atoms with Gasteiger partial charge in [-0.3, -0.25) is 24.5 Å². The molecule has 0 aromatic carbocycles. The summed E-state index contributed by atoms with van der Waals surface area (Å²) in [6, 6.07) is 3.85. The average Bonchev–Trinajstić information content (AvgIpc) is 3.34. The van der Waals surface area contributed by atoms with Crippen LogP contribution in [0.4, 0.5) is 5.69 Å². The first-order chi connectivity index (χ1) is 12.1. The molecular weight excluding hydrogens is 326 g/mol. The molecule has 0 aliphatic carbocycles. The van der Waals surface area contributed by atoms with Gasteiger partial charge in [0, 0.05) is 25.7 Å². The molecule has 0 unspecified atom stereocenters. The SMILES string of the molecule is O=C(c1ccc(Cn2cc([N+](=O)[O-])cn2)o1)N1CCN2CCC[C@H]2C1. The van der Waals surface area contributed by atoms with Gasteiger partial charge in [-0.1, -0.05) is 0 Å². The second-order valence-corrected chi connectivity index (χ2v) is 6.50. The van der Waals surface area contributed by atoms with E-state index in [1.807, 2.05) is 4.90 Å². The van der Waals surface area contributed by atoms with Crippen molar-refractivity contribution in [2.75, 3.05) is 26.2 Å². The molecule has 0 radical (unpaired) electrons. The molecular formula is C16H19N5O4. The smallest absolute Gasteiger partial charge is 0.307 e. The van der Waals surface area contributed by atoms with Gasteiger partial charge in [0.25, 0.3) is 5.91 Å². The fourth-order valence-electron chi connectivity index (χ4n) is 3.60. The topological polar surface area (TPSA) is 97.6 Å². The molecule has 0 spiro atoms. The van der Waals surface area contributed by atoms with Gasteiger partial charge in [0.2, 0.25) is 0 Å². The molecule has 0 N–H and O–H groups in total. The Labute approximate surface area is 143 Å². The van der Waals surface area contributed by atoms with Crippen LogP contribution in [0.1, 0.15) is 29.2 Å². The Bertz CT molecular complexity index is 798. The van der Waals surface area contributed by atoms with Gasteiger partial charge in [-0.2, -0.15) is 5.10 Å². The number of fused-ring (bicyclic) bond motifs is 1. The Morgan fingerprint density at radius 2 is 2.24 bits per heavy atom. The number of rotatable bonds is 4. The van der Waals surface area contributed by atoms with Gasteiger partial charge < -0.3 is 9.32 Å². The number of hydrogen-bond donors (Lipinski definition) is 0. The highest BCUT2D eigenvalue weighted by Gasteiger charge is 2.33. The third-order valence-electron chi connectivity index (χ3n) is 4.90. The minimum absolute atomic E-state index is 0.0720. The second-order valence-electron chi connectivity index (χ2n) is 6.50. The summed E-state index contributed by atoms with van der Waals surface area (Å²) in [5.74, 6) is 0.758. The Morgan fingerprint density at radius 1 is 1.36 bits per heavy atom. The lowest BCUT2D eigenvalue weighted by atomic mass is 10.1. The number of carbonyl (C=O) groups is 1. The normalized spacial score (nSPS) is 20.6. The van der Waals surface area contributed by atoms with Crippen LogP contribution in [-0.4, -0.2) is 62.6 Å². The Balaban J connectivity index is 1.41. The second kappa shape index (κ2) is 6.32. The van der Waals surface area contributed by atoms with E-state index in [4.69, 9.17) is 4.42 Å². The lowest BCUT2D eigenvalue weighted by Gasteiger charge is -2.37. The number of nitro groups is 1. The van der Waals surface area contributed by atoms with Crippen molar-refractivity contribution >= 4 is 11.6 Å². The minimum atomic E-state index is -0.497. The molecule has 2 aliphatic rings. The van der Waals surface area contributed by atoms with E-state index in [1.165, 1.54) is 23.5 Å². The van der Waals surface area contributed by atoms with Crippen LogP contribution in [-0.2, 0) is 6.54 Å². The van der Waals surface area contributed by atoms with Crippen LogP contribution in [0.3, 0.4) is 0 Å². The van der Waals surface area contributed by atoms with E-state index in [2.05, 4.69) is 10.00 Å². The monoisotopic (exact) mass is 345 g/mol. The van der Waals surface area contributed by atoms with Crippen LogP contribution < -0.4 is 0 Å². The zero-order valence-corrected chi connectivity index (χ0v) is 13.7. The number of amides is 1. The first-order valence-corrected chi connectivity index (χ1v) is 8.39. The Hall–Kier alpha value is -2.68. The number of aromatic nitrogens is 2. The van der Waals surface area contributed by atoms with Crippen molar-refractivity contribution in [3.8, 4) is 0 Å². The fraction of sp³-hybridized carbons (Fsp3) is 0.500. The molecule has 1 amide bonds. The summed E-state index contributed by atoms with van der Waals surface area (Å²) < 4.78 is 7.07. The first kappa shape index (κ1) is 15.8. The van der Waals surface area contributed by atoms with Crippen LogP contribution in [0.15, 0.2) is 28.9 Å². The minimum Gasteiger partial charge on any atom is -0.454 e. The van der Waals surface area contributed by atoms with Gasteiger partial charge in [-0.05, 0) is 31.5 Å². The molecule has 4 heterocycles. The van der Waals surface area contributed by atoms with Crippen molar-refractivity contribution < 1.29 is 14.1 Å². The van der Waals surface area contributed by atoms with Crippen LogP contribution in [0.2, 0.25) is 0 Å². The highest BCUT2D eigenvalue weighted by atomic mass is 16.6. The molecule has 9 heteroatoms. The van der Waals surface area contributed by atoms with E-state index in [-0.39, 0.29) is 18.1 Å². The molecule has 2 saturated heterocycles. The van der Waals surface area contributed by atoms with Gasteiger partial charge >= 0.3 is 5.69 Å². The lowest BCUT2D eigenvalue weighted by molar-refractivity contribution is -0.385. The molecule has 2 aliphatic heterocycles. The van der Waals surface area contributed by atoms with E-state index in [9.17, 15) is 14.9 Å². The molecule has 132 valence electrons. The van der Waals surface area contributed by atoms with E-state index in [0.717, 1.165) is 32.6 Å². The summed E-state index contributed by atoms with van der Waals surface area (Å²) >= 11 is 0. The summed E-state index contributed by atoms with van der Waals surface area (Å²) in [4.78, 5) is 27.1. The molecule has 25 heavy (non-hydrogen) atoms. The third kappa shape index (κ3) is 3.14. The van der Waals surface area contributed by atoms with Crippen molar-refractivity contribution in [3.05, 3.63) is 46.2 Å². The number of nitrogens with zero attached hydrogens (tertiary/aromatic N) is 5. The number of furan rings is 1. The highest BCUT2D eigenvalue weighted by molar-refractivity contribution is 5.91. The molecule has 9 nitrogen and oxygen atoms in total. The van der Waals surface area contributed by atoms with Crippen molar-refractivity contribution in [3.63, 3.8) is 0 Å². The van der Waals surface area contributed by atoms with Crippen LogP contribution in [0.5, 0.6) is 0 Å². The predicted molar refractivity (Wildman–Crippen MR) is 87.2 cm³/mol.